The van der Waals surface area contributed by atoms with Gasteiger partial charge in [-0.3, -0.25) is 14.8 Å². The van der Waals surface area contributed by atoms with Gasteiger partial charge in [-0.2, -0.15) is 0 Å². The predicted molar refractivity (Wildman–Crippen MR) is 95.0 cm³/mol. The molecule has 5 nitrogen and oxygen atoms in total. The Morgan fingerprint density at radius 2 is 1.56 bits per heavy atom. The SMILES string of the molecule is O=C(/C=C/c1ccc(/C=C/C(=O)c2cc3ccccc3o2)cc1)NO. The summed E-state index contributed by atoms with van der Waals surface area (Å²) in [5, 5.41) is 9.31. The maximum absolute atomic E-state index is 12.2. The number of hydrogen-bond donors (Lipinski definition) is 2. The number of hydroxylamine groups is 1. The zero-order chi connectivity index (χ0) is 17.6. The zero-order valence-electron chi connectivity index (χ0n) is 13.2. The van der Waals surface area contributed by atoms with Crippen LogP contribution in [0.4, 0.5) is 0 Å². The van der Waals surface area contributed by atoms with Crippen LogP contribution in [0.3, 0.4) is 0 Å². The lowest BCUT2D eigenvalue weighted by atomic mass is 10.1. The molecule has 3 rings (SSSR count). The summed E-state index contributed by atoms with van der Waals surface area (Å²) in [5.74, 6) is -0.507. The summed E-state index contributed by atoms with van der Waals surface area (Å²) in [6.45, 7) is 0. The van der Waals surface area contributed by atoms with Gasteiger partial charge in [-0.1, -0.05) is 48.5 Å². The van der Waals surface area contributed by atoms with Gasteiger partial charge in [0.15, 0.2) is 5.76 Å². The first-order valence-corrected chi connectivity index (χ1v) is 7.59. The molecule has 0 saturated carbocycles. The van der Waals surface area contributed by atoms with E-state index >= 15 is 0 Å². The van der Waals surface area contributed by atoms with Gasteiger partial charge < -0.3 is 4.42 Å². The summed E-state index contributed by atoms with van der Waals surface area (Å²) in [5.41, 5.74) is 3.84. The average Bonchev–Trinajstić information content (AvgIpc) is 3.09. The molecule has 2 aromatic carbocycles. The second kappa shape index (κ2) is 7.42. The van der Waals surface area contributed by atoms with Gasteiger partial charge in [0, 0.05) is 11.5 Å². The summed E-state index contributed by atoms with van der Waals surface area (Å²) in [6, 6.07) is 16.4. The van der Waals surface area contributed by atoms with Crippen LogP contribution in [-0.2, 0) is 4.79 Å². The number of para-hydroxylation sites is 1. The van der Waals surface area contributed by atoms with Crippen molar-refractivity contribution >= 4 is 34.8 Å². The molecular formula is C20H15NO4. The van der Waals surface area contributed by atoms with E-state index in [9.17, 15) is 9.59 Å². The molecule has 124 valence electrons. The third-order valence-corrected chi connectivity index (χ3v) is 3.57. The molecule has 0 fully saturated rings. The van der Waals surface area contributed by atoms with Gasteiger partial charge in [0.1, 0.15) is 5.58 Å². The monoisotopic (exact) mass is 333 g/mol. The van der Waals surface area contributed by atoms with E-state index in [0.717, 1.165) is 16.5 Å². The Kier molecular flexibility index (Phi) is 4.87. The van der Waals surface area contributed by atoms with Gasteiger partial charge >= 0.3 is 0 Å². The number of ketones is 1. The number of amides is 1. The van der Waals surface area contributed by atoms with Crippen LogP contribution in [0.2, 0.25) is 0 Å². The second-order valence-corrected chi connectivity index (χ2v) is 5.32. The fourth-order valence-electron chi connectivity index (χ4n) is 2.28. The summed E-state index contributed by atoms with van der Waals surface area (Å²) < 4.78 is 5.53. The van der Waals surface area contributed by atoms with Gasteiger partial charge in [-0.25, -0.2) is 5.48 Å². The third-order valence-electron chi connectivity index (χ3n) is 3.57. The highest BCUT2D eigenvalue weighted by Gasteiger charge is 2.08. The number of allylic oxidation sites excluding steroid dienone is 1. The van der Waals surface area contributed by atoms with Gasteiger partial charge in [0.05, 0.1) is 0 Å². The Hall–Kier alpha value is -3.44. The minimum absolute atomic E-state index is 0.209. The molecule has 0 unspecified atom stereocenters. The van der Waals surface area contributed by atoms with E-state index in [0.29, 0.717) is 11.3 Å². The van der Waals surface area contributed by atoms with Crippen molar-refractivity contribution in [3.05, 3.63) is 83.6 Å². The molecule has 3 aromatic rings. The molecule has 0 bridgehead atoms. The van der Waals surface area contributed by atoms with Crippen LogP contribution < -0.4 is 5.48 Å². The average molecular weight is 333 g/mol. The van der Waals surface area contributed by atoms with Crippen LogP contribution >= 0.6 is 0 Å². The maximum atomic E-state index is 12.2. The van der Waals surface area contributed by atoms with Gasteiger partial charge in [0.2, 0.25) is 5.78 Å². The normalized spacial score (nSPS) is 11.4. The Labute approximate surface area is 143 Å². The fourth-order valence-corrected chi connectivity index (χ4v) is 2.28. The number of nitrogens with one attached hydrogen (secondary N) is 1. The predicted octanol–water partition coefficient (Wildman–Crippen LogP) is 3.85. The Morgan fingerprint density at radius 3 is 2.20 bits per heavy atom. The molecule has 0 aliphatic rings. The van der Waals surface area contributed by atoms with Gasteiger partial charge in [-0.05, 0) is 35.4 Å². The van der Waals surface area contributed by atoms with Crippen molar-refractivity contribution in [1.29, 1.82) is 0 Å². The van der Waals surface area contributed by atoms with Crippen molar-refractivity contribution in [3.63, 3.8) is 0 Å². The standard InChI is InChI=1S/C20H15NO4/c22-17(19-13-16-3-1-2-4-18(16)25-19)11-9-14-5-7-15(8-6-14)10-12-20(23)21-24/h1-13,24H,(H,21,23)/b11-9+,12-10+. The van der Waals surface area contributed by atoms with Crippen molar-refractivity contribution in [1.82, 2.24) is 5.48 Å². The van der Waals surface area contributed by atoms with Crippen LogP contribution in [0.25, 0.3) is 23.1 Å². The molecule has 0 saturated heterocycles. The first-order chi connectivity index (χ1) is 12.2. The van der Waals surface area contributed by atoms with Crippen LogP contribution in [0, 0.1) is 0 Å². The summed E-state index contributed by atoms with van der Waals surface area (Å²) >= 11 is 0. The largest absolute Gasteiger partial charge is 0.453 e. The van der Waals surface area contributed by atoms with Crippen molar-refractivity contribution in [3.8, 4) is 0 Å². The van der Waals surface area contributed by atoms with E-state index in [1.807, 2.05) is 36.4 Å². The number of carbonyl (C=O) groups excluding carboxylic acids is 2. The van der Waals surface area contributed by atoms with Crippen LogP contribution in [-0.4, -0.2) is 16.9 Å². The highest BCUT2D eigenvalue weighted by Crippen LogP contribution is 2.19. The highest BCUT2D eigenvalue weighted by molar-refractivity contribution is 6.06. The molecule has 25 heavy (non-hydrogen) atoms. The molecule has 0 spiro atoms. The second-order valence-electron chi connectivity index (χ2n) is 5.32. The summed E-state index contributed by atoms with van der Waals surface area (Å²) in [7, 11) is 0. The minimum Gasteiger partial charge on any atom is -0.453 e. The zero-order valence-corrected chi connectivity index (χ0v) is 13.2. The third kappa shape index (κ3) is 4.10. The lowest BCUT2D eigenvalue weighted by molar-refractivity contribution is -0.124. The van der Waals surface area contributed by atoms with Crippen LogP contribution in [0.5, 0.6) is 0 Å². The molecular weight excluding hydrogens is 318 g/mol. The van der Waals surface area contributed by atoms with Crippen molar-refractivity contribution < 1.29 is 19.2 Å². The Morgan fingerprint density at radius 1 is 0.920 bits per heavy atom. The molecule has 0 aliphatic heterocycles. The number of rotatable bonds is 5. The quantitative estimate of drug-likeness (QED) is 0.322. The smallest absolute Gasteiger partial charge is 0.267 e. The first kappa shape index (κ1) is 16.4. The fraction of sp³-hybridized carbons (Fsp3) is 0. The molecule has 0 atom stereocenters. The highest BCUT2D eigenvalue weighted by atomic mass is 16.5. The first-order valence-electron chi connectivity index (χ1n) is 7.59. The number of hydrogen-bond acceptors (Lipinski definition) is 4. The van der Waals surface area contributed by atoms with E-state index in [4.69, 9.17) is 9.62 Å². The van der Waals surface area contributed by atoms with Gasteiger partial charge in [0.25, 0.3) is 5.91 Å². The number of carbonyl (C=O) groups is 2. The topological polar surface area (TPSA) is 79.5 Å². The molecule has 1 aromatic heterocycles. The summed E-state index contributed by atoms with van der Waals surface area (Å²) in [6.07, 6.45) is 5.94. The Balaban J connectivity index is 1.69. The minimum atomic E-state index is -0.597. The molecule has 1 amide bonds. The van der Waals surface area contributed by atoms with Crippen LogP contribution in [0.1, 0.15) is 21.7 Å². The maximum Gasteiger partial charge on any atom is 0.267 e. The lowest BCUT2D eigenvalue weighted by Crippen LogP contribution is -2.14. The van der Waals surface area contributed by atoms with Gasteiger partial charge in [-0.15, -0.1) is 0 Å². The number of fused-ring (bicyclic) bond motifs is 1. The van der Waals surface area contributed by atoms with E-state index < -0.39 is 5.91 Å². The van der Waals surface area contributed by atoms with E-state index in [1.54, 1.807) is 30.4 Å². The van der Waals surface area contributed by atoms with Crippen LogP contribution in [0.15, 0.2) is 71.2 Å². The van der Waals surface area contributed by atoms with Crippen molar-refractivity contribution in [2.24, 2.45) is 0 Å². The van der Waals surface area contributed by atoms with E-state index in [2.05, 4.69) is 0 Å². The van der Waals surface area contributed by atoms with Crippen molar-refractivity contribution in [2.45, 2.75) is 0 Å². The summed E-state index contributed by atoms with van der Waals surface area (Å²) in [4.78, 5) is 23.1. The molecule has 2 N–H and O–H groups in total. The number of furan rings is 1. The molecule has 0 radical (unpaired) electrons. The van der Waals surface area contributed by atoms with Crippen molar-refractivity contribution in [2.75, 3.05) is 0 Å². The lowest BCUT2D eigenvalue weighted by Gasteiger charge is -1.96. The Bertz CT molecular complexity index is 932. The van der Waals surface area contributed by atoms with E-state index in [1.165, 1.54) is 17.6 Å². The van der Waals surface area contributed by atoms with E-state index in [-0.39, 0.29) is 5.78 Å². The molecule has 5 heteroatoms. The molecule has 0 aliphatic carbocycles. The number of benzene rings is 2. The molecule has 1 heterocycles.